The van der Waals surface area contributed by atoms with Gasteiger partial charge in [-0.2, -0.15) is 8.42 Å². The fraction of sp³-hybridized carbons (Fsp3) is 0.455. The van der Waals surface area contributed by atoms with Gasteiger partial charge in [0, 0.05) is 6.54 Å². The Balaban J connectivity index is 0.000000202. The van der Waals surface area contributed by atoms with Crippen LogP contribution in [0.1, 0.15) is 12.0 Å². The van der Waals surface area contributed by atoms with Crippen molar-refractivity contribution in [2.45, 2.75) is 24.3 Å². The van der Waals surface area contributed by atoms with Crippen molar-refractivity contribution in [2.24, 2.45) is 0 Å². The number of nitrogens with one attached hydrogen (secondary N) is 1. The molecule has 0 radical (unpaired) electrons. The lowest BCUT2D eigenvalue weighted by Gasteiger charge is -1.95. The second-order valence-corrected chi connectivity index (χ2v) is 5.36. The Hall–Kier alpha value is -0.950. The minimum atomic E-state index is -4.02. The minimum absolute atomic E-state index is 0.0648. The van der Waals surface area contributed by atoms with Gasteiger partial charge >= 0.3 is 0 Å². The van der Waals surface area contributed by atoms with Crippen molar-refractivity contribution in [3.05, 3.63) is 29.8 Å². The molecular formula is C11H17NO4S. The highest BCUT2D eigenvalue weighted by molar-refractivity contribution is 7.85. The van der Waals surface area contributed by atoms with E-state index in [0.717, 1.165) is 25.1 Å². The van der Waals surface area contributed by atoms with Gasteiger partial charge in [-0.3, -0.25) is 4.55 Å². The zero-order valence-corrected chi connectivity index (χ0v) is 10.4. The van der Waals surface area contributed by atoms with E-state index in [9.17, 15) is 8.42 Å². The van der Waals surface area contributed by atoms with Gasteiger partial charge in [0.15, 0.2) is 0 Å². The molecule has 0 bridgehead atoms. The Labute approximate surface area is 101 Å². The van der Waals surface area contributed by atoms with Gasteiger partial charge in [0.05, 0.1) is 11.0 Å². The molecule has 1 fully saturated rings. The third-order valence-corrected chi connectivity index (χ3v) is 3.22. The summed E-state index contributed by atoms with van der Waals surface area (Å²) in [4.78, 5) is -0.0666. The van der Waals surface area contributed by atoms with Crippen LogP contribution in [0.15, 0.2) is 29.2 Å². The van der Waals surface area contributed by atoms with E-state index < -0.39 is 10.1 Å². The topological polar surface area (TPSA) is 86.6 Å². The second kappa shape index (κ2) is 6.11. The molecule has 1 aliphatic heterocycles. The van der Waals surface area contributed by atoms with E-state index in [2.05, 4.69) is 5.32 Å². The SMILES string of the molecule is Cc1ccc(S(=O)(=O)O)cc1.O[C@@H]1CCNC1. The van der Waals surface area contributed by atoms with Gasteiger partial charge in [-0.15, -0.1) is 0 Å². The first-order valence-corrected chi connectivity index (χ1v) is 6.76. The maximum absolute atomic E-state index is 10.5. The summed E-state index contributed by atoms with van der Waals surface area (Å²) in [6.45, 7) is 3.62. The van der Waals surface area contributed by atoms with Crippen molar-refractivity contribution in [1.82, 2.24) is 5.32 Å². The van der Waals surface area contributed by atoms with E-state index in [1.54, 1.807) is 12.1 Å². The highest BCUT2D eigenvalue weighted by atomic mass is 32.2. The molecule has 5 nitrogen and oxygen atoms in total. The second-order valence-electron chi connectivity index (χ2n) is 3.93. The molecule has 3 N–H and O–H groups in total. The lowest BCUT2D eigenvalue weighted by Crippen LogP contribution is -2.11. The van der Waals surface area contributed by atoms with Crippen molar-refractivity contribution >= 4 is 10.1 Å². The first-order valence-electron chi connectivity index (χ1n) is 5.32. The van der Waals surface area contributed by atoms with Gasteiger partial charge in [-0.25, -0.2) is 0 Å². The summed E-state index contributed by atoms with van der Waals surface area (Å²) in [5.74, 6) is 0. The quantitative estimate of drug-likeness (QED) is 0.642. The molecule has 0 unspecified atom stereocenters. The summed E-state index contributed by atoms with van der Waals surface area (Å²) >= 11 is 0. The number of aryl methyl sites for hydroxylation is 1. The van der Waals surface area contributed by atoms with Gasteiger partial charge in [0.1, 0.15) is 0 Å². The van der Waals surface area contributed by atoms with Crippen LogP contribution in [0.3, 0.4) is 0 Å². The Morgan fingerprint density at radius 3 is 2.18 bits per heavy atom. The zero-order chi connectivity index (χ0) is 12.9. The van der Waals surface area contributed by atoms with Crippen molar-refractivity contribution in [3.63, 3.8) is 0 Å². The van der Waals surface area contributed by atoms with E-state index >= 15 is 0 Å². The Morgan fingerprint density at radius 1 is 1.29 bits per heavy atom. The highest BCUT2D eigenvalue weighted by Gasteiger charge is 2.08. The van der Waals surface area contributed by atoms with Crippen LogP contribution in [0.5, 0.6) is 0 Å². The monoisotopic (exact) mass is 259 g/mol. The van der Waals surface area contributed by atoms with E-state index in [1.807, 2.05) is 6.92 Å². The molecule has 2 rings (SSSR count). The molecular weight excluding hydrogens is 242 g/mol. The zero-order valence-electron chi connectivity index (χ0n) is 9.63. The first-order chi connectivity index (χ1) is 7.89. The van der Waals surface area contributed by atoms with Crippen LogP contribution >= 0.6 is 0 Å². The van der Waals surface area contributed by atoms with Gasteiger partial charge in [0.25, 0.3) is 10.1 Å². The molecule has 0 spiro atoms. The number of β-amino-alcohol motifs (C(OH)–C–C–N with tert-alkyl or cyclic N) is 1. The smallest absolute Gasteiger partial charge is 0.294 e. The molecule has 0 saturated carbocycles. The molecule has 0 aliphatic carbocycles. The summed E-state index contributed by atoms with van der Waals surface area (Å²) in [6.07, 6.45) is 0.866. The Morgan fingerprint density at radius 2 is 1.88 bits per heavy atom. The van der Waals surface area contributed by atoms with E-state index in [4.69, 9.17) is 9.66 Å². The Kier molecular flexibility index (Phi) is 5.07. The minimum Gasteiger partial charge on any atom is -0.392 e. The van der Waals surface area contributed by atoms with E-state index in [1.165, 1.54) is 12.1 Å². The summed E-state index contributed by atoms with van der Waals surface area (Å²) in [6, 6.07) is 5.99. The maximum Gasteiger partial charge on any atom is 0.294 e. The van der Waals surface area contributed by atoms with Crippen LogP contribution in [0.4, 0.5) is 0 Å². The predicted octanol–water partition coefficient (Wildman–Crippen LogP) is 0.582. The van der Waals surface area contributed by atoms with Crippen LogP contribution in [0, 0.1) is 6.92 Å². The molecule has 1 heterocycles. The average molecular weight is 259 g/mol. The van der Waals surface area contributed by atoms with Crippen LogP contribution < -0.4 is 5.32 Å². The molecule has 0 amide bonds. The summed E-state index contributed by atoms with van der Waals surface area (Å²) in [5.41, 5.74) is 0.956. The first kappa shape index (κ1) is 14.1. The molecule has 1 atom stereocenters. The fourth-order valence-electron chi connectivity index (χ4n) is 1.35. The number of hydrogen-bond donors (Lipinski definition) is 3. The molecule has 1 aliphatic rings. The lowest BCUT2D eigenvalue weighted by molar-refractivity contribution is 0.196. The van der Waals surface area contributed by atoms with Crippen LogP contribution in [0.25, 0.3) is 0 Å². The largest absolute Gasteiger partial charge is 0.392 e. The van der Waals surface area contributed by atoms with Gasteiger partial charge in [-0.05, 0) is 32.0 Å². The van der Waals surface area contributed by atoms with Crippen LogP contribution in [-0.4, -0.2) is 37.3 Å². The van der Waals surface area contributed by atoms with Crippen molar-refractivity contribution in [2.75, 3.05) is 13.1 Å². The summed E-state index contributed by atoms with van der Waals surface area (Å²) in [5, 5.41) is 11.7. The van der Waals surface area contributed by atoms with Gasteiger partial charge < -0.3 is 10.4 Å². The lowest BCUT2D eigenvalue weighted by atomic mass is 10.2. The van der Waals surface area contributed by atoms with Crippen molar-refractivity contribution in [3.8, 4) is 0 Å². The standard InChI is InChI=1S/C7H8O3S.C4H9NO/c1-6-2-4-7(5-3-6)11(8,9)10;6-4-1-2-5-3-4/h2-5H,1H3,(H,8,9,10);4-6H,1-3H2/t;4-/m.1/s1. The van der Waals surface area contributed by atoms with Crippen LogP contribution in [0.2, 0.25) is 0 Å². The highest BCUT2D eigenvalue weighted by Crippen LogP contribution is 2.08. The molecule has 96 valence electrons. The molecule has 17 heavy (non-hydrogen) atoms. The summed E-state index contributed by atoms with van der Waals surface area (Å²) in [7, 11) is -4.02. The number of benzene rings is 1. The molecule has 0 aromatic heterocycles. The van der Waals surface area contributed by atoms with E-state index in [-0.39, 0.29) is 11.0 Å². The molecule has 1 saturated heterocycles. The third-order valence-electron chi connectivity index (χ3n) is 2.35. The number of rotatable bonds is 1. The van der Waals surface area contributed by atoms with Gasteiger partial charge in [-0.1, -0.05) is 17.7 Å². The average Bonchev–Trinajstić information content (AvgIpc) is 2.69. The number of hydrogen-bond acceptors (Lipinski definition) is 4. The van der Waals surface area contributed by atoms with Crippen molar-refractivity contribution < 1.29 is 18.1 Å². The Bertz CT molecular complexity index is 435. The molecule has 1 aromatic rings. The molecule has 6 heteroatoms. The third kappa shape index (κ3) is 5.27. The van der Waals surface area contributed by atoms with Gasteiger partial charge in [0.2, 0.25) is 0 Å². The number of aliphatic hydroxyl groups excluding tert-OH is 1. The maximum atomic E-state index is 10.5. The normalized spacial score (nSPS) is 19.6. The number of aliphatic hydroxyl groups is 1. The molecule has 1 aromatic carbocycles. The predicted molar refractivity (Wildman–Crippen MR) is 64.5 cm³/mol. The summed E-state index contributed by atoms with van der Waals surface area (Å²) < 4.78 is 29.6. The van der Waals surface area contributed by atoms with E-state index in [0.29, 0.717) is 0 Å². The van der Waals surface area contributed by atoms with Crippen molar-refractivity contribution in [1.29, 1.82) is 0 Å². The van der Waals surface area contributed by atoms with Crippen LogP contribution in [-0.2, 0) is 10.1 Å². The fourth-order valence-corrected chi connectivity index (χ4v) is 1.83.